The van der Waals surface area contributed by atoms with Gasteiger partial charge >= 0.3 is 5.97 Å². The van der Waals surface area contributed by atoms with Gasteiger partial charge in [0.05, 0.1) is 5.52 Å². The quantitative estimate of drug-likeness (QED) is 0.888. The summed E-state index contributed by atoms with van der Waals surface area (Å²) < 4.78 is 14.8. The Morgan fingerprint density at radius 1 is 1.47 bits per heavy atom. The van der Waals surface area contributed by atoms with E-state index in [4.69, 9.17) is 0 Å². The largest absolute Gasteiger partial charge is 0.479 e. The van der Waals surface area contributed by atoms with Crippen LogP contribution in [0, 0.1) is 5.82 Å². The lowest BCUT2D eigenvalue weighted by Crippen LogP contribution is -2.37. The molecule has 0 spiro atoms. The molecule has 0 aliphatic heterocycles. The summed E-state index contributed by atoms with van der Waals surface area (Å²) >= 11 is 0. The molecule has 1 N–H and O–H groups in total. The molecule has 1 aromatic carbocycles. The number of halogens is 1. The molecule has 0 radical (unpaired) electrons. The van der Waals surface area contributed by atoms with Crippen LogP contribution >= 0.6 is 0 Å². The third kappa shape index (κ3) is 1.69. The number of carboxylic acids is 1. The maximum atomic E-state index is 13.2. The van der Waals surface area contributed by atoms with Crippen molar-refractivity contribution in [1.29, 1.82) is 0 Å². The van der Waals surface area contributed by atoms with Crippen molar-refractivity contribution in [3.05, 3.63) is 36.3 Å². The Hall–Kier alpha value is -1.84. The van der Waals surface area contributed by atoms with Crippen LogP contribution in [-0.2, 0) is 10.3 Å². The highest BCUT2D eigenvalue weighted by Gasteiger charge is 2.33. The van der Waals surface area contributed by atoms with Crippen molar-refractivity contribution in [2.45, 2.75) is 25.8 Å². The van der Waals surface area contributed by atoms with Gasteiger partial charge in [-0.05, 0) is 43.0 Å². The number of fused-ring (bicyclic) bond motifs is 1. The number of hydrogen-bond donors (Lipinski definition) is 1. The van der Waals surface area contributed by atoms with E-state index in [0.29, 0.717) is 11.9 Å². The van der Waals surface area contributed by atoms with Crippen LogP contribution in [0.15, 0.2) is 30.5 Å². The minimum Gasteiger partial charge on any atom is -0.479 e. The van der Waals surface area contributed by atoms with Crippen LogP contribution in [0.25, 0.3) is 10.9 Å². The number of benzene rings is 1. The molecule has 2 rings (SSSR count). The lowest BCUT2D eigenvalue weighted by molar-refractivity contribution is -0.146. The van der Waals surface area contributed by atoms with Crippen LogP contribution in [0.5, 0.6) is 0 Å². The molecular weight excluding hydrogens is 221 g/mol. The van der Waals surface area contributed by atoms with Crippen LogP contribution < -0.4 is 0 Å². The number of aromatic nitrogens is 1. The minimum absolute atomic E-state index is 0.360. The van der Waals surface area contributed by atoms with Crippen LogP contribution in [0.4, 0.5) is 4.39 Å². The van der Waals surface area contributed by atoms with Crippen LogP contribution in [0.3, 0.4) is 0 Å². The van der Waals surface area contributed by atoms with Crippen molar-refractivity contribution in [3.8, 4) is 0 Å². The summed E-state index contributed by atoms with van der Waals surface area (Å²) in [6.07, 6.45) is 2.13. The zero-order valence-corrected chi connectivity index (χ0v) is 9.77. The second-order valence-corrected chi connectivity index (χ2v) is 4.32. The van der Waals surface area contributed by atoms with Crippen molar-refractivity contribution < 1.29 is 14.3 Å². The molecule has 1 aromatic heterocycles. The predicted octanol–water partition coefficient (Wildman–Crippen LogP) is 2.99. The number of hydrogen-bond acceptors (Lipinski definition) is 1. The first kappa shape index (κ1) is 11.6. The van der Waals surface area contributed by atoms with Gasteiger partial charge in [0, 0.05) is 6.20 Å². The zero-order chi connectivity index (χ0) is 12.6. The van der Waals surface area contributed by atoms with Crippen molar-refractivity contribution in [3.63, 3.8) is 0 Å². The second-order valence-electron chi connectivity index (χ2n) is 4.32. The van der Waals surface area contributed by atoms with Gasteiger partial charge in [-0.15, -0.1) is 0 Å². The summed E-state index contributed by atoms with van der Waals surface area (Å²) in [4.78, 5) is 11.4. The predicted molar refractivity (Wildman–Crippen MR) is 63.5 cm³/mol. The number of rotatable bonds is 3. The number of carboxylic acid groups (broad SMARTS) is 1. The van der Waals surface area contributed by atoms with Gasteiger partial charge in [-0.3, -0.25) is 0 Å². The maximum Gasteiger partial charge on any atom is 0.329 e. The maximum absolute atomic E-state index is 13.2. The topological polar surface area (TPSA) is 42.2 Å². The summed E-state index contributed by atoms with van der Waals surface area (Å²) in [6, 6.07) is 6.19. The molecule has 2 aromatic rings. The van der Waals surface area contributed by atoms with E-state index in [-0.39, 0.29) is 5.82 Å². The summed E-state index contributed by atoms with van der Waals surface area (Å²) in [5.41, 5.74) is -0.438. The van der Waals surface area contributed by atoms with Gasteiger partial charge in [0.15, 0.2) is 0 Å². The molecule has 0 amide bonds. The van der Waals surface area contributed by atoms with Gasteiger partial charge in [0.2, 0.25) is 0 Å². The fourth-order valence-electron chi connectivity index (χ4n) is 1.96. The normalized spacial score (nSPS) is 14.8. The van der Waals surface area contributed by atoms with Gasteiger partial charge in [-0.1, -0.05) is 6.92 Å². The number of aliphatic carboxylic acids is 1. The van der Waals surface area contributed by atoms with Gasteiger partial charge in [-0.25, -0.2) is 9.18 Å². The second kappa shape index (κ2) is 3.87. The molecule has 0 saturated carbocycles. The summed E-state index contributed by atoms with van der Waals surface area (Å²) in [6.45, 7) is 3.44. The summed E-state index contributed by atoms with van der Waals surface area (Å²) in [5.74, 6) is -1.27. The highest BCUT2D eigenvalue weighted by molar-refractivity contribution is 5.84. The van der Waals surface area contributed by atoms with Crippen molar-refractivity contribution in [1.82, 2.24) is 4.57 Å². The van der Waals surface area contributed by atoms with Crippen molar-refractivity contribution in [2.24, 2.45) is 0 Å². The standard InChI is InChI=1S/C13H14FNO2/c1-3-13(2,12(16)17)15-7-6-9-4-5-10(14)8-11(9)15/h4-8H,3H2,1-2H3,(H,16,17). The molecule has 4 heteroatoms. The number of nitrogens with zero attached hydrogens (tertiary/aromatic N) is 1. The molecule has 1 atom stereocenters. The first-order valence-electron chi connectivity index (χ1n) is 5.49. The molecule has 90 valence electrons. The first-order chi connectivity index (χ1) is 7.99. The number of carbonyl (C=O) groups is 1. The molecule has 0 fully saturated rings. The Morgan fingerprint density at radius 3 is 2.76 bits per heavy atom. The van der Waals surface area contributed by atoms with Crippen molar-refractivity contribution >= 4 is 16.9 Å². The Bertz CT molecular complexity index is 576. The fourth-order valence-corrected chi connectivity index (χ4v) is 1.96. The van der Waals surface area contributed by atoms with E-state index in [9.17, 15) is 14.3 Å². The minimum atomic E-state index is -1.05. The average molecular weight is 235 g/mol. The lowest BCUT2D eigenvalue weighted by Gasteiger charge is -2.26. The van der Waals surface area contributed by atoms with Gasteiger partial charge in [0.25, 0.3) is 0 Å². The van der Waals surface area contributed by atoms with E-state index in [2.05, 4.69) is 0 Å². The molecule has 1 unspecified atom stereocenters. The highest BCUT2D eigenvalue weighted by atomic mass is 19.1. The summed E-state index contributed by atoms with van der Waals surface area (Å²) in [5, 5.41) is 10.2. The smallest absolute Gasteiger partial charge is 0.329 e. The molecular formula is C13H14FNO2. The van der Waals surface area contributed by atoms with E-state index in [0.717, 1.165) is 5.39 Å². The van der Waals surface area contributed by atoms with Crippen LogP contribution in [-0.4, -0.2) is 15.6 Å². The third-order valence-electron chi connectivity index (χ3n) is 3.34. The Balaban J connectivity index is 2.70. The molecule has 0 aliphatic carbocycles. The first-order valence-corrected chi connectivity index (χ1v) is 5.49. The molecule has 0 saturated heterocycles. The Morgan fingerprint density at radius 2 is 2.18 bits per heavy atom. The SMILES string of the molecule is CCC(C)(C(=O)O)n1ccc2ccc(F)cc21. The van der Waals surface area contributed by atoms with E-state index in [1.807, 2.05) is 0 Å². The highest BCUT2D eigenvalue weighted by Crippen LogP contribution is 2.27. The Labute approximate surface area is 98.5 Å². The van der Waals surface area contributed by atoms with Gasteiger partial charge in [0.1, 0.15) is 11.4 Å². The molecule has 17 heavy (non-hydrogen) atoms. The van der Waals surface area contributed by atoms with E-state index >= 15 is 0 Å². The van der Waals surface area contributed by atoms with E-state index < -0.39 is 11.5 Å². The monoisotopic (exact) mass is 235 g/mol. The fraction of sp³-hybridized carbons (Fsp3) is 0.308. The van der Waals surface area contributed by atoms with Crippen molar-refractivity contribution in [2.75, 3.05) is 0 Å². The van der Waals surface area contributed by atoms with Crippen LogP contribution in [0.2, 0.25) is 0 Å². The molecule has 0 bridgehead atoms. The average Bonchev–Trinajstić information content (AvgIpc) is 2.71. The zero-order valence-electron chi connectivity index (χ0n) is 9.77. The van der Waals surface area contributed by atoms with E-state index in [1.165, 1.54) is 12.1 Å². The molecule has 1 heterocycles. The molecule has 0 aliphatic rings. The molecule has 3 nitrogen and oxygen atoms in total. The third-order valence-corrected chi connectivity index (χ3v) is 3.34. The van der Waals surface area contributed by atoms with Gasteiger partial charge < -0.3 is 9.67 Å². The van der Waals surface area contributed by atoms with Gasteiger partial charge in [-0.2, -0.15) is 0 Å². The van der Waals surface area contributed by atoms with E-state index in [1.54, 1.807) is 36.7 Å². The Kier molecular flexibility index (Phi) is 2.65. The summed E-state index contributed by atoms with van der Waals surface area (Å²) in [7, 11) is 0. The lowest BCUT2D eigenvalue weighted by atomic mass is 9.98. The van der Waals surface area contributed by atoms with Crippen LogP contribution in [0.1, 0.15) is 20.3 Å².